The number of Topliss-reactive ketones (excluding diaryl/α,β-unsaturated/α-hetero) is 1. The Kier molecular flexibility index (Phi) is 7.24. The van der Waals surface area contributed by atoms with Gasteiger partial charge in [0.2, 0.25) is 5.88 Å². The van der Waals surface area contributed by atoms with Gasteiger partial charge in [0.25, 0.3) is 5.91 Å². The molecule has 0 atom stereocenters. The molecular weight excluding hydrogens is 389 g/mol. The number of halogens is 3. The third-order valence-electron chi connectivity index (χ3n) is 3.90. The number of ether oxygens (including phenoxy) is 1. The Morgan fingerprint density at radius 2 is 1.90 bits per heavy atom. The van der Waals surface area contributed by atoms with Gasteiger partial charge >= 0.3 is 6.18 Å². The molecule has 0 bridgehead atoms. The summed E-state index contributed by atoms with van der Waals surface area (Å²) in [6.45, 7) is 3.79. The molecule has 2 rings (SSSR count). The van der Waals surface area contributed by atoms with Crippen molar-refractivity contribution in [3.8, 4) is 5.88 Å². The number of hydrogen-bond acceptors (Lipinski definition) is 6. The van der Waals surface area contributed by atoms with Crippen LogP contribution in [0.2, 0.25) is 0 Å². The van der Waals surface area contributed by atoms with Crippen LogP contribution in [0, 0.1) is 13.8 Å². The summed E-state index contributed by atoms with van der Waals surface area (Å²) in [5.41, 5.74) is 1.93. The van der Waals surface area contributed by atoms with Crippen molar-refractivity contribution in [3.05, 3.63) is 46.7 Å². The van der Waals surface area contributed by atoms with E-state index >= 15 is 0 Å². The van der Waals surface area contributed by atoms with Gasteiger partial charge in [0.1, 0.15) is 17.3 Å². The molecule has 2 aromatic heterocycles. The number of aromatic nitrogens is 3. The fourth-order valence-corrected chi connectivity index (χ4v) is 2.37. The summed E-state index contributed by atoms with van der Waals surface area (Å²) in [7, 11) is 0. The Bertz CT molecular complexity index is 901. The molecule has 0 aliphatic carbocycles. The van der Waals surface area contributed by atoms with Gasteiger partial charge in [-0.3, -0.25) is 9.59 Å². The van der Waals surface area contributed by atoms with Crippen LogP contribution in [0.25, 0.3) is 0 Å². The van der Waals surface area contributed by atoms with Gasteiger partial charge in [-0.15, -0.1) is 0 Å². The summed E-state index contributed by atoms with van der Waals surface area (Å²) in [5, 5.41) is 2.68. The van der Waals surface area contributed by atoms with Gasteiger partial charge in [0.15, 0.2) is 6.61 Å². The van der Waals surface area contributed by atoms with E-state index in [4.69, 9.17) is 0 Å². The van der Waals surface area contributed by atoms with Crippen LogP contribution in [0.1, 0.15) is 46.5 Å². The normalized spacial score (nSPS) is 11.2. The lowest BCUT2D eigenvalue weighted by Gasteiger charge is -2.11. The van der Waals surface area contributed by atoms with E-state index in [2.05, 4.69) is 25.0 Å². The van der Waals surface area contributed by atoms with Crippen LogP contribution in [0.4, 0.5) is 13.2 Å². The van der Waals surface area contributed by atoms with E-state index in [1.54, 1.807) is 20.8 Å². The minimum absolute atomic E-state index is 0.0310. The predicted molar refractivity (Wildman–Crippen MR) is 97.5 cm³/mol. The number of pyridine rings is 1. The maximum Gasteiger partial charge on any atom is 0.422 e. The molecule has 0 saturated carbocycles. The summed E-state index contributed by atoms with van der Waals surface area (Å²) >= 11 is 0. The molecule has 0 aromatic carbocycles. The highest BCUT2D eigenvalue weighted by Gasteiger charge is 2.28. The zero-order valence-corrected chi connectivity index (χ0v) is 16.3. The lowest BCUT2D eigenvalue weighted by molar-refractivity contribution is -0.154. The quantitative estimate of drug-likeness (QED) is 0.719. The van der Waals surface area contributed by atoms with E-state index in [1.165, 1.54) is 18.3 Å². The molecule has 0 spiro atoms. The first-order valence-corrected chi connectivity index (χ1v) is 8.87. The molecular formula is C19H21F3N4O3. The third kappa shape index (κ3) is 7.13. The van der Waals surface area contributed by atoms with Gasteiger partial charge in [-0.05, 0) is 31.0 Å². The largest absolute Gasteiger partial charge is 0.468 e. The number of ketones is 1. The predicted octanol–water partition coefficient (Wildman–Crippen LogP) is 2.88. The molecule has 0 aliphatic heterocycles. The fraction of sp³-hybridized carbons (Fsp3) is 0.421. The zero-order chi connectivity index (χ0) is 21.6. The standard InChI is InChI=1S/C19H21F3N4O3/c1-4-14(27)7-16-25-12(3)6-15(26-16)18(28)24-9-13-8-23-17(5-11(13)2)29-10-19(20,21)22/h5-6,8H,4,7,9-10H2,1-3H3,(H,24,28). The first-order chi connectivity index (χ1) is 13.6. The van der Waals surface area contributed by atoms with Gasteiger partial charge in [-0.25, -0.2) is 15.0 Å². The molecule has 0 aliphatic rings. The average molecular weight is 410 g/mol. The lowest BCUT2D eigenvalue weighted by Crippen LogP contribution is -2.25. The van der Waals surface area contributed by atoms with Crippen LogP contribution >= 0.6 is 0 Å². The second kappa shape index (κ2) is 9.44. The van der Waals surface area contributed by atoms with E-state index in [9.17, 15) is 22.8 Å². The Morgan fingerprint density at radius 3 is 2.52 bits per heavy atom. The number of amides is 1. The van der Waals surface area contributed by atoms with Crippen molar-refractivity contribution in [2.75, 3.05) is 6.61 Å². The molecule has 2 aromatic rings. The van der Waals surface area contributed by atoms with Gasteiger partial charge in [-0.1, -0.05) is 6.92 Å². The van der Waals surface area contributed by atoms with Gasteiger partial charge in [0, 0.05) is 30.9 Å². The third-order valence-corrected chi connectivity index (χ3v) is 3.90. The van der Waals surface area contributed by atoms with Crippen molar-refractivity contribution >= 4 is 11.7 Å². The van der Waals surface area contributed by atoms with E-state index < -0.39 is 18.7 Å². The second-order valence-corrected chi connectivity index (χ2v) is 6.42. The Labute approximate surface area is 165 Å². The monoisotopic (exact) mass is 410 g/mol. The van der Waals surface area contributed by atoms with Crippen molar-refractivity contribution < 1.29 is 27.5 Å². The van der Waals surface area contributed by atoms with E-state index in [0.29, 0.717) is 23.2 Å². The van der Waals surface area contributed by atoms with E-state index in [0.717, 1.165) is 0 Å². The summed E-state index contributed by atoms with van der Waals surface area (Å²) in [6.07, 6.45) is -2.69. The maximum atomic E-state index is 12.4. The van der Waals surface area contributed by atoms with Crippen LogP contribution in [-0.4, -0.2) is 39.4 Å². The summed E-state index contributed by atoms with van der Waals surface area (Å²) < 4.78 is 41.2. The molecule has 0 radical (unpaired) electrons. The van der Waals surface area contributed by atoms with E-state index in [1.807, 2.05) is 0 Å². The number of carbonyl (C=O) groups excluding carboxylic acids is 2. The van der Waals surface area contributed by atoms with Gasteiger partial charge < -0.3 is 10.1 Å². The van der Waals surface area contributed by atoms with Crippen LogP contribution in [0.3, 0.4) is 0 Å². The van der Waals surface area contributed by atoms with Gasteiger partial charge in [-0.2, -0.15) is 13.2 Å². The maximum absolute atomic E-state index is 12.4. The number of nitrogens with zero attached hydrogens (tertiary/aromatic N) is 3. The second-order valence-electron chi connectivity index (χ2n) is 6.42. The molecule has 10 heteroatoms. The van der Waals surface area contributed by atoms with Crippen molar-refractivity contribution in [2.45, 2.75) is 46.3 Å². The fourth-order valence-electron chi connectivity index (χ4n) is 2.37. The summed E-state index contributed by atoms with van der Waals surface area (Å²) in [4.78, 5) is 36.1. The molecule has 1 amide bonds. The highest BCUT2D eigenvalue weighted by molar-refractivity contribution is 5.92. The average Bonchev–Trinajstić information content (AvgIpc) is 2.64. The molecule has 2 heterocycles. The number of carbonyl (C=O) groups is 2. The highest BCUT2D eigenvalue weighted by atomic mass is 19.4. The SMILES string of the molecule is CCC(=O)Cc1nc(C)cc(C(=O)NCc2cnc(OCC(F)(F)F)cc2C)n1. The number of rotatable bonds is 8. The number of alkyl halides is 3. The molecule has 156 valence electrons. The van der Waals surface area contributed by atoms with Crippen LogP contribution in [0.5, 0.6) is 5.88 Å². The molecule has 0 saturated heterocycles. The summed E-state index contributed by atoms with van der Waals surface area (Å²) in [5.74, 6) is -0.355. The van der Waals surface area contributed by atoms with E-state index in [-0.39, 0.29) is 36.1 Å². The van der Waals surface area contributed by atoms with Crippen molar-refractivity contribution in [2.24, 2.45) is 0 Å². The smallest absolute Gasteiger partial charge is 0.422 e. The molecule has 0 fully saturated rings. The summed E-state index contributed by atoms with van der Waals surface area (Å²) in [6, 6.07) is 2.88. The molecule has 7 nitrogen and oxygen atoms in total. The highest BCUT2D eigenvalue weighted by Crippen LogP contribution is 2.19. The first-order valence-electron chi connectivity index (χ1n) is 8.87. The van der Waals surface area contributed by atoms with Gasteiger partial charge in [0.05, 0.1) is 6.42 Å². The molecule has 1 N–H and O–H groups in total. The lowest BCUT2D eigenvalue weighted by atomic mass is 10.1. The van der Waals surface area contributed by atoms with Crippen LogP contribution in [0.15, 0.2) is 18.3 Å². The minimum atomic E-state index is -4.45. The zero-order valence-electron chi connectivity index (χ0n) is 16.3. The first kappa shape index (κ1) is 22.3. The Hall–Kier alpha value is -3.04. The van der Waals surface area contributed by atoms with Crippen molar-refractivity contribution in [1.82, 2.24) is 20.3 Å². The molecule has 0 unspecified atom stereocenters. The Morgan fingerprint density at radius 1 is 1.17 bits per heavy atom. The Balaban J connectivity index is 2.02. The van der Waals surface area contributed by atoms with Crippen LogP contribution in [-0.2, 0) is 17.8 Å². The van der Waals surface area contributed by atoms with Crippen molar-refractivity contribution in [1.29, 1.82) is 0 Å². The molecule has 29 heavy (non-hydrogen) atoms. The topological polar surface area (TPSA) is 94.1 Å². The van der Waals surface area contributed by atoms with Crippen molar-refractivity contribution in [3.63, 3.8) is 0 Å². The minimum Gasteiger partial charge on any atom is -0.468 e. The number of hydrogen-bond donors (Lipinski definition) is 1. The number of aryl methyl sites for hydroxylation is 2. The number of nitrogens with one attached hydrogen (secondary N) is 1. The van der Waals surface area contributed by atoms with Crippen LogP contribution < -0.4 is 10.1 Å².